The first-order valence-electron chi connectivity index (χ1n) is 6.03. The molecule has 0 spiro atoms. The van der Waals surface area contributed by atoms with Gasteiger partial charge in [-0.15, -0.1) is 0 Å². The Bertz CT molecular complexity index is 445. The number of hydrogen-bond donors (Lipinski definition) is 0. The van der Waals surface area contributed by atoms with Crippen LogP contribution < -0.4 is 0 Å². The van der Waals surface area contributed by atoms with E-state index < -0.39 is 23.1 Å². The summed E-state index contributed by atoms with van der Waals surface area (Å²) in [6.07, 6.45) is -2.47. The zero-order chi connectivity index (χ0) is 13.2. The fourth-order valence-corrected chi connectivity index (χ4v) is 4.00. The van der Waals surface area contributed by atoms with Gasteiger partial charge in [-0.05, 0) is 25.2 Å². The summed E-state index contributed by atoms with van der Waals surface area (Å²) < 4.78 is 43.6. The second kappa shape index (κ2) is 3.35. The highest BCUT2D eigenvalue weighted by Crippen LogP contribution is 2.55. The number of aliphatic imine (C=N–C) groups is 1. The predicted molar refractivity (Wildman–Crippen MR) is 57.5 cm³/mol. The number of Topliss-reactive ketones (excluding diaryl/α,β-unsaturated/α-hetero) is 1. The van der Waals surface area contributed by atoms with Gasteiger partial charge in [-0.1, -0.05) is 0 Å². The molecule has 2 aliphatic heterocycles. The van der Waals surface area contributed by atoms with Crippen molar-refractivity contribution in [3.8, 4) is 0 Å². The first-order valence-corrected chi connectivity index (χ1v) is 6.03. The highest BCUT2D eigenvalue weighted by atomic mass is 19.4. The van der Waals surface area contributed by atoms with Crippen LogP contribution in [0.1, 0.15) is 32.1 Å². The van der Waals surface area contributed by atoms with Gasteiger partial charge in [0.25, 0.3) is 5.78 Å². The molecule has 2 heterocycles. The van der Waals surface area contributed by atoms with E-state index in [2.05, 4.69) is 4.99 Å². The van der Waals surface area contributed by atoms with Crippen LogP contribution in [0, 0.1) is 5.92 Å². The van der Waals surface area contributed by atoms with Crippen molar-refractivity contribution in [1.29, 1.82) is 0 Å². The van der Waals surface area contributed by atoms with Gasteiger partial charge in [0.15, 0.2) is 0 Å². The number of halogens is 3. The maximum atomic E-state index is 12.7. The van der Waals surface area contributed by atoms with Crippen LogP contribution in [0.3, 0.4) is 0 Å². The van der Waals surface area contributed by atoms with E-state index in [-0.39, 0.29) is 18.8 Å². The van der Waals surface area contributed by atoms with E-state index in [0.29, 0.717) is 6.42 Å². The molecule has 2 aliphatic carbocycles. The van der Waals surface area contributed by atoms with E-state index in [1.807, 2.05) is 0 Å². The van der Waals surface area contributed by atoms with Gasteiger partial charge in [0, 0.05) is 25.7 Å². The average Bonchev–Trinajstić information content (AvgIpc) is 2.25. The monoisotopic (exact) mass is 261 g/mol. The van der Waals surface area contributed by atoms with Crippen molar-refractivity contribution in [2.75, 3.05) is 7.11 Å². The Labute approximate surface area is 102 Å². The molecule has 18 heavy (non-hydrogen) atoms. The molecule has 100 valence electrons. The second-order valence-electron chi connectivity index (χ2n) is 5.76. The van der Waals surface area contributed by atoms with Crippen LogP contribution in [0.15, 0.2) is 4.99 Å². The van der Waals surface area contributed by atoms with Crippen LogP contribution in [0.25, 0.3) is 0 Å². The molecule has 0 aromatic rings. The first kappa shape index (κ1) is 12.1. The zero-order valence-corrected chi connectivity index (χ0v) is 10.0. The highest BCUT2D eigenvalue weighted by molar-refractivity contribution is 6.00. The molecular formula is C12H14F3NO2. The number of ketones is 1. The number of carbonyl (C=O) groups excluding carboxylic acids is 1. The Hall–Kier alpha value is -0.910. The summed E-state index contributed by atoms with van der Waals surface area (Å²) in [5.74, 6) is -1.59. The van der Waals surface area contributed by atoms with Crippen LogP contribution in [0.5, 0.6) is 0 Å². The van der Waals surface area contributed by atoms with E-state index in [4.69, 9.17) is 4.74 Å². The fraction of sp³-hybridized carbons (Fsp3) is 0.833. The van der Waals surface area contributed by atoms with Crippen molar-refractivity contribution >= 4 is 11.5 Å². The molecule has 3 atom stereocenters. The van der Waals surface area contributed by atoms with E-state index in [0.717, 1.165) is 18.6 Å². The van der Waals surface area contributed by atoms with Gasteiger partial charge in [-0.2, -0.15) is 13.2 Å². The molecule has 0 N–H and O–H groups in total. The Morgan fingerprint density at radius 3 is 2.72 bits per heavy atom. The molecule has 2 fully saturated rings. The third kappa shape index (κ3) is 1.54. The molecule has 0 saturated heterocycles. The van der Waals surface area contributed by atoms with Gasteiger partial charge < -0.3 is 4.74 Å². The lowest BCUT2D eigenvalue weighted by molar-refractivity contribution is -0.185. The number of rotatable bonds is 2. The van der Waals surface area contributed by atoms with Crippen LogP contribution in [0.2, 0.25) is 0 Å². The van der Waals surface area contributed by atoms with Crippen LogP contribution >= 0.6 is 0 Å². The van der Waals surface area contributed by atoms with Gasteiger partial charge >= 0.3 is 6.18 Å². The molecule has 4 bridgehead atoms. The van der Waals surface area contributed by atoms with Gasteiger partial charge in [-0.25, -0.2) is 0 Å². The zero-order valence-electron chi connectivity index (χ0n) is 10.0. The van der Waals surface area contributed by atoms with Gasteiger partial charge in [-0.3, -0.25) is 9.79 Å². The number of hydrogen-bond acceptors (Lipinski definition) is 3. The lowest BCUT2D eigenvalue weighted by Crippen LogP contribution is -2.62. The largest absolute Gasteiger partial charge is 0.452 e. The van der Waals surface area contributed by atoms with Crippen molar-refractivity contribution in [2.24, 2.45) is 10.9 Å². The number of nitrogens with zero attached hydrogens (tertiary/aromatic N) is 1. The Balaban J connectivity index is 2.04. The Morgan fingerprint density at radius 1 is 1.44 bits per heavy atom. The van der Waals surface area contributed by atoms with Crippen molar-refractivity contribution in [2.45, 2.75) is 49.4 Å². The van der Waals surface area contributed by atoms with E-state index in [1.54, 1.807) is 0 Å². The minimum absolute atomic E-state index is 0.0782. The summed E-state index contributed by atoms with van der Waals surface area (Å²) in [7, 11) is 1.51. The van der Waals surface area contributed by atoms with Crippen molar-refractivity contribution in [3.63, 3.8) is 0 Å². The molecule has 6 heteroatoms. The lowest BCUT2D eigenvalue weighted by Gasteiger charge is -2.55. The number of alkyl halides is 3. The highest BCUT2D eigenvalue weighted by Gasteiger charge is 2.63. The summed E-state index contributed by atoms with van der Waals surface area (Å²) in [4.78, 5) is 15.8. The van der Waals surface area contributed by atoms with Gasteiger partial charge in [0.1, 0.15) is 5.54 Å². The molecule has 0 radical (unpaired) electrons. The minimum atomic E-state index is -4.81. The molecule has 0 amide bonds. The number of ether oxygens (including phenoxy) is 1. The summed E-state index contributed by atoms with van der Waals surface area (Å²) in [6, 6.07) is 0. The van der Waals surface area contributed by atoms with Crippen molar-refractivity contribution < 1.29 is 22.7 Å². The standard InChI is InChI=1S/C12H14F3NO2/c1-18-10-3-7-2-8(5-10)16-11(4-7,6-10)9(17)12(13,14)15/h7H,2-6H2,1H3. The number of carbonyl (C=O) groups is 1. The molecule has 3 nitrogen and oxygen atoms in total. The van der Waals surface area contributed by atoms with Gasteiger partial charge in [0.05, 0.1) is 5.60 Å². The minimum Gasteiger partial charge on any atom is -0.378 e. The molecule has 4 rings (SSSR count). The smallest absolute Gasteiger partial charge is 0.378 e. The molecule has 0 aromatic heterocycles. The summed E-state index contributed by atoms with van der Waals surface area (Å²) in [5.41, 5.74) is -1.47. The van der Waals surface area contributed by atoms with Gasteiger partial charge in [0.2, 0.25) is 0 Å². The molecule has 2 saturated carbocycles. The summed E-state index contributed by atoms with van der Waals surface area (Å²) >= 11 is 0. The van der Waals surface area contributed by atoms with Crippen molar-refractivity contribution in [1.82, 2.24) is 0 Å². The van der Waals surface area contributed by atoms with Crippen LogP contribution in [-0.2, 0) is 9.53 Å². The second-order valence-corrected chi connectivity index (χ2v) is 5.76. The fourth-order valence-electron chi connectivity index (χ4n) is 4.00. The summed E-state index contributed by atoms with van der Waals surface area (Å²) in [5, 5.41) is 0. The molecule has 0 aromatic carbocycles. The normalized spacial score (nSPS) is 42.0. The SMILES string of the molecule is COC12CC3=NC(C(=O)C(F)(F)F)(CC(C3)C1)C2. The Morgan fingerprint density at radius 2 is 2.17 bits per heavy atom. The molecular weight excluding hydrogens is 247 g/mol. The van der Waals surface area contributed by atoms with Crippen molar-refractivity contribution in [3.05, 3.63) is 0 Å². The topological polar surface area (TPSA) is 38.7 Å². The summed E-state index contributed by atoms with van der Waals surface area (Å²) in [6.45, 7) is 0. The van der Waals surface area contributed by atoms with E-state index in [9.17, 15) is 18.0 Å². The average molecular weight is 261 g/mol. The van der Waals surface area contributed by atoms with Crippen LogP contribution in [-0.4, -0.2) is 35.9 Å². The third-order valence-electron chi connectivity index (χ3n) is 4.44. The molecule has 4 aliphatic rings. The maximum absolute atomic E-state index is 12.7. The third-order valence-corrected chi connectivity index (χ3v) is 4.44. The Kier molecular flexibility index (Phi) is 2.26. The predicted octanol–water partition coefficient (Wildman–Crippen LogP) is 2.29. The van der Waals surface area contributed by atoms with E-state index in [1.165, 1.54) is 7.11 Å². The molecule has 3 unspecified atom stereocenters. The first-order chi connectivity index (χ1) is 8.29. The van der Waals surface area contributed by atoms with E-state index >= 15 is 0 Å². The lowest BCUT2D eigenvalue weighted by atomic mass is 9.57. The maximum Gasteiger partial charge on any atom is 0.452 e. The van der Waals surface area contributed by atoms with Crippen LogP contribution in [0.4, 0.5) is 13.2 Å². The quantitative estimate of drug-likeness (QED) is 0.765. The number of methoxy groups -OCH3 is 1.